The van der Waals surface area contributed by atoms with E-state index >= 15 is 0 Å². The van der Waals surface area contributed by atoms with Crippen LogP contribution in [0, 0.1) is 11.8 Å². The second-order valence-electron chi connectivity index (χ2n) is 6.67. The summed E-state index contributed by atoms with van der Waals surface area (Å²) < 4.78 is 16.0. The van der Waals surface area contributed by atoms with Gasteiger partial charge in [0.15, 0.2) is 0 Å². The highest BCUT2D eigenvalue weighted by molar-refractivity contribution is 5.86. The third-order valence-corrected chi connectivity index (χ3v) is 4.73. The quantitative estimate of drug-likeness (QED) is 0.522. The van der Waals surface area contributed by atoms with E-state index in [1.165, 1.54) is 0 Å². The Kier molecular flexibility index (Phi) is 6.99. The Morgan fingerprint density at radius 3 is 2.64 bits per heavy atom. The molecule has 0 radical (unpaired) electrons. The van der Waals surface area contributed by atoms with Crippen molar-refractivity contribution in [3.8, 4) is 0 Å². The molecule has 7 nitrogen and oxygen atoms in total. The van der Waals surface area contributed by atoms with Gasteiger partial charge in [0.2, 0.25) is 5.91 Å². The number of esters is 2. The standard InChI is InChI=1S/C18H27NO6/c1-12-6-4-8-16(20)24-10-13(2)17(21)19-9-5-7-14(19)18(22)25-11-15(12)23-3/h4,6,12-15H,5,7-11H2,1-3H3/t12-,13+,14+,15-/m1/s1. The number of methoxy groups -OCH3 is 1. The molecular weight excluding hydrogens is 326 g/mol. The Labute approximate surface area is 148 Å². The zero-order chi connectivity index (χ0) is 18.4. The van der Waals surface area contributed by atoms with Crippen LogP contribution in [0.1, 0.15) is 33.1 Å². The summed E-state index contributed by atoms with van der Waals surface area (Å²) in [7, 11) is 1.55. The van der Waals surface area contributed by atoms with E-state index in [9.17, 15) is 14.4 Å². The van der Waals surface area contributed by atoms with E-state index in [-0.39, 0.29) is 43.5 Å². The molecule has 2 rings (SSSR count). The lowest BCUT2D eigenvalue weighted by atomic mass is 10.0. The fourth-order valence-electron chi connectivity index (χ4n) is 3.10. The van der Waals surface area contributed by atoms with Crippen LogP contribution in [-0.2, 0) is 28.6 Å². The first-order valence-electron chi connectivity index (χ1n) is 8.76. The van der Waals surface area contributed by atoms with Gasteiger partial charge in [-0.25, -0.2) is 4.79 Å². The molecule has 2 heterocycles. The molecule has 0 aromatic heterocycles. The van der Waals surface area contributed by atoms with Gasteiger partial charge in [-0.15, -0.1) is 0 Å². The highest BCUT2D eigenvalue weighted by Gasteiger charge is 2.37. The molecule has 0 N–H and O–H groups in total. The van der Waals surface area contributed by atoms with E-state index in [0.29, 0.717) is 13.0 Å². The Bertz CT molecular complexity index is 532. The number of hydrogen-bond acceptors (Lipinski definition) is 6. The minimum atomic E-state index is -0.570. The first-order valence-corrected chi connectivity index (χ1v) is 8.76. The van der Waals surface area contributed by atoms with Crippen LogP contribution >= 0.6 is 0 Å². The molecular formula is C18H27NO6. The van der Waals surface area contributed by atoms with Crippen molar-refractivity contribution in [2.45, 2.75) is 45.3 Å². The van der Waals surface area contributed by atoms with Crippen molar-refractivity contribution >= 4 is 17.8 Å². The fraction of sp³-hybridized carbons (Fsp3) is 0.722. The molecule has 0 aromatic carbocycles. The maximum Gasteiger partial charge on any atom is 0.328 e. The number of nitrogens with zero attached hydrogens (tertiary/aromatic N) is 1. The Morgan fingerprint density at radius 2 is 1.92 bits per heavy atom. The lowest BCUT2D eigenvalue weighted by Gasteiger charge is -2.27. The second-order valence-corrected chi connectivity index (χ2v) is 6.67. The minimum Gasteiger partial charge on any atom is -0.465 e. The monoisotopic (exact) mass is 353 g/mol. The van der Waals surface area contributed by atoms with Gasteiger partial charge in [-0.3, -0.25) is 9.59 Å². The van der Waals surface area contributed by atoms with Crippen LogP contribution in [0.15, 0.2) is 12.2 Å². The number of rotatable bonds is 1. The molecule has 0 spiro atoms. The van der Waals surface area contributed by atoms with E-state index < -0.39 is 17.9 Å². The van der Waals surface area contributed by atoms with Crippen molar-refractivity contribution in [2.24, 2.45) is 11.8 Å². The normalized spacial score (nSPS) is 32.4. The van der Waals surface area contributed by atoms with E-state index in [2.05, 4.69) is 0 Å². The second kappa shape index (κ2) is 8.99. The summed E-state index contributed by atoms with van der Waals surface area (Å²) in [6, 6.07) is -0.570. The van der Waals surface area contributed by atoms with Crippen molar-refractivity contribution in [3.05, 3.63) is 12.2 Å². The third-order valence-electron chi connectivity index (χ3n) is 4.73. The fourth-order valence-corrected chi connectivity index (χ4v) is 3.10. The molecule has 1 amide bonds. The van der Waals surface area contributed by atoms with Crippen molar-refractivity contribution in [1.29, 1.82) is 0 Å². The van der Waals surface area contributed by atoms with Gasteiger partial charge < -0.3 is 19.1 Å². The van der Waals surface area contributed by atoms with Crippen molar-refractivity contribution in [2.75, 3.05) is 26.9 Å². The lowest BCUT2D eigenvalue weighted by molar-refractivity contribution is -0.159. The third kappa shape index (κ3) is 5.04. The first kappa shape index (κ1) is 19.4. The molecule has 0 bridgehead atoms. The van der Waals surface area contributed by atoms with Gasteiger partial charge in [0.25, 0.3) is 0 Å². The highest BCUT2D eigenvalue weighted by Crippen LogP contribution is 2.22. The van der Waals surface area contributed by atoms with Gasteiger partial charge in [0.05, 0.1) is 18.4 Å². The van der Waals surface area contributed by atoms with Gasteiger partial charge in [-0.1, -0.05) is 26.0 Å². The smallest absolute Gasteiger partial charge is 0.328 e. The predicted molar refractivity (Wildman–Crippen MR) is 89.5 cm³/mol. The van der Waals surface area contributed by atoms with Crippen LogP contribution in [0.5, 0.6) is 0 Å². The number of carbonyl (C=O) groups excluding carboxylic acids is 3. The number of amides is 1. The molecule has 1 saturated heterocycles. The Hall–Kier alpha value is -1.89. The molecule has 2 aliphatic heterocycles. The van der Waals surface area contributed by atoms with E-state index in [0.717, 1.165) is 6.42 Å². The molecule has 1 fully saturated rings. The van der Waals surface area contributed by atoms with E-state index in [1.807, 2.05) is 13.0 Å². The van der Waals surface area contributed by atoms with Gasteiger partial charge in [-0.2, -0.15) is 0 Å². The molecule has 7 heteroatoms. The van der Waals surface area contributed by atoms with Crippen LogP contribution in [0.25, 0.3) is 0 Å². The number of hydrogen-bond donors (Lipinski definition) is 0. The van der Waals surface area contributed by atoms with Crippen molar-refractivity contribution in [3.63, 3.8) is 0 Å². The Morgan fingerprint density at radius 1 is 1.16 bits per heavy atom. The molecule has 25 heavy (non-hydrogen) atoms. The van der Waals surface area contributed by atoms with Crippen molar-refractivity contribution in [1.82, 2.24) is 4.90 Å². The van der Waals surface area contributed by atoms with Gasteiger partial charge in [0.1, 0.15) is 19.3 Å². The molecule has 0 unspecified atom stereocenters. The van der Waals surface area contributed by atoms with Gasteiger partial charge in [0, 0.05) is 19.6 Å². The van der Waals surface area contributed by atoms with E-state index in [1.54, 1.807) is 25.0 Å². The summed E-state index contributed by atoms with van der Waals surface area (Å²) in [6.07, 6.45) is 4.72. The predicted octanol–water partition coefficient (Wildman–Crippen LogP) is 1.31. The van der Waals surface area contributed by atoms with Gasteiger partial charge >= 0.3 is 11.9 Å². The molecule has 2 aliphatic rings. The van der Waals surface area contributed by atoms with Crippen molar-refractivity contribution < 1.29 is 28.6 Å². The summed E-state index contributed by atoms with van der Waals surface area (Å²) in [5, 5.41) is 0. The minimum absolute atomic E-state index is 0.0139. The number of carbonyl (C=O) groups is 3. The lowest BCUT2D eigenvalue weighted by Crippen LogP contribution is -2.45. The van der Waals surface area contributed by atoms with Crippen LogP contribution in [-0.4, -0.2) is 61.8 Å². The Balaban J connectivity index is 2.16. The zero-order valence-corrected chi connectivity index (χ0v) is 15.1. The van der Waals surface area contributed by atoms with Crippen LogP contribution in [0.3, 0.4) is 0 Å². The SMILES string of the molecule is CO[C@@H]1COC(=O)[C@@H]2CCCN2C(=O)[C@@H](C)COC(=O)CC=C[C@H]1C. The largest absolute Gasteiger partial charge is 0.465 e. The first-order chi connectivity index (χ1) is 11.9. The maximum atomic E-state index is 12.6. The summed E-state index contributed by atoms with van der Waals surface area (Å²) in [4.78, 5) is 38.4. The topological polar surface area (TPSA) is 82.1 Å². The molecule has 0 saturated carbocycles. The van der Waals surface area contributed by atoms with Gasteiger partial charge in [-0.05, 0) is 12.8 Å². The summed E-state index contributed by atoms with van der Waals surface area (Å²) in [5.41, 5.74) is 0. The zero-order valence-electron chi connectivity index (χ0n) is 15.1. The summed E-state index contributed by atoms with van der Waals surface area (Å²) >= 11 is 0. The van der Waals surface area contributed by atoms with Crippen LogP contribution in [0.2, 0.25) is 0 Å². The number of cyclic esters (lactones) is 2. The van der Waals surface area contributed by atoms with Crippen LogP contribution < -0.4 is 0 Å². The number of fused-ring (bicyclic) bond motifs is 1. The van der Waals surface area contributed by atoms with Crippen LogP contribution in [0.4, 0.5) is 0 Å². The number of ether oxygens (including phenoxy) is 3. The van der Waals surface area contributed by atoms with E-state index in [4.69, 9.17) is 14.2 Å². The molecule has 4 atom stereocenters. The molecule has 0 aromatic rings. The molecule has 140 valence electrons. The highest BCUT2D eigenvalue weighted by atomic mass is 16.6. The maximum absolute atomic E-state index is 12.6. The summed E-state index contributed by atoms with van der Waals surface area (Å²) in [6.45, 7) is 4.27. The molecule has 0 aliphatic carbocycles. The average molecular weight is 353 g/mol. The summed E-state index contributed by atoms with van der Waals surface area (Å²) in [5.74, 6) is -1.48. The average Bonchev–Trinajstić information content (AvgIpc) is 3.08.